The van der Waals surface area contributed by atoms with E-state index in [1.54, 1.807) is 0 Å². The fourth-order valence-corrected chi connectivity index (χ4v) is 0. The summed E-state index contributed by atoms with van der Waals surface area (Å²) < 4.78 is 0. The molecule has 6 N–H and O–H groups in total. The van der Waals surface area contributed by atoms with Gasteiger partial charge >= 0.3 is 43.7 Å². The molecule has 6 heteroatoms. The van der Waals surface area contributed by atoms with Crippen molar-refractivity contribution in [2.45, 2.75) is 13.0 Å². The predicted octanol–water partition coefficient (Wildman–Crippen LogP) is -2.35. The molecule has 1 atom stereocenters. The molecule has 1 unspecified atom stereocenters. The van der Waals surface area contributed by atoms with Gasteiger partial charge in [-0.2, -0.15) is 0 Å². The molecule has 0 spiro atoms. The van der Waals surface area contributed by atoms with E-state index in [1.165, 1.54) is 6.92 Å². The molecule has 0 aromatic carbocycles. The van der Waals surface area contributed by atoms with Gasteiger partial charge in [0.2, 0.25) is 0 Å². The summed E-state index contributed by atoms with van der Waals surface area (Å²) in [5, 5.41) is 15.8. The van der Waals surface area contributed by atoms with Crippen LogP contribution in [0.15, 0.2) is 0 Å². The topological polar surface area (TPSA) is 121 Å². The maximum atomic E-state index is 9.45. The number of aliphatic hydroxyl groups is 1. The summed E-state index contributed by atoms with van der Waals surface area (Å²) in [6.07, 6.45) is -1.23. The third-order valence-corrected chi connectivity index (χ3v) is 0.357. The van der Waals surface area contributed by atoms with Crippen LogP contribution in [0.25, 0.3) is 0 Å². The van der Waals surface area contributed by atoms with Crippen molar-refractivity contribution in [1.29, 1.82) is 0 Å². The number of hydrogen-bond acceptors (Lipinski definition) is 2. The van der Waals surface area contributed by atoms with Crippen LogP contribution in [0.3, 0.4) is 0 Å². The number of rotatable bonds is 1. The zero-order valence-corrected chi connectivity index (χ0v) is 7.30. The molecule has 0 amide bonds. The van der Waals surface area contributed by atoms with Crippen molar-refractivity contribution < 1.29 is 28.8 Å². The molecule has 0 heterocycles. The van der Waals surface area contributed by atoms with E-state index in [4.69, 9.17) is 10.2 Å². The molecule has 0 saturated carbocycles. The van der Waals surface area contributed by atoms with Crippen LogP contribution in [0.4, 0.5) is 0 Å². The first-order chi connectivity index (χ1) is 2.64. The summed E-state index contributed by atoms with van der Waals surface area (Å²) in [6.45, 7) is 1.20. The van der Waals surface area contributed by atoms with E-state index < -0.39 is 12.1 Å². The average molecular weight is 168 g/mol. The Morgan fingerprint density at radius 1 is 1.56 bits per heavy atom. The van der Waals surface area contributed by atoms with E-state index in [2.05, 4.69) is 0 Å². The molecule has 0 saturated heterocycles. The van der Waals surface area contributed by atoms with E-state index in [9.17, 15) is 4.79 Å². The van der Waals surface area contributed by atoms with Gasteiger partial charge in [0.1, 0.15) is 6.10 Å². The summed E-state index contributed by atoms with van der Waals surface area (Å²) in [7, 11) is 0. The second kappa shape index (κ2) is 11.4. The van der Waals surface area contributed by atoms with Gasteiger partial charge in [0, 0.05) is 0 Å². The Hall–Kier alpha value is 0.610. The van der Waals surface area contributed by atoms with Crippen LogP contribution in [0.1, 0.15) is 9.78 Å². The quantitative estimate of drug-likeness (QED) is 0.426. The third kappa shape index (κ3) is 17.7. The number of hydrogen-bond donors (Lipinski definition) is 2. The molecule has 0 fully saturated rings. The molecule has 0 bridgehead atoms. The number of aliphatic carboxylic acids is 1. The van der Waals surface area contributed by atoms with Crippen LogP contribution in [0, 0.1) is 0 Å². The Labute approximate surface area is 85.3 Å². The zero-order chi connectivity index (χ0) is 5.15. The monoisotopic (exact) mass is 168 g/mol. The average Bonchev–Trinajstić information content (AvgIpc) is 1.36. The molecule has 56 valence electrons. The molecule has 0 aromatic heterocycles. The van der Waals surface area contributed by atoms with E-state index in [0.717, 1.165) is 0 Å². The first-order valence-electron chi connectivity index (χ1n) is 1.55. The summed E-state index contributed by atoms with van der Waals surface area (Å²) in [4.78, 5) is 9.45. The second-order valence-corrected chi connectivity index (χ2v) is 1.01. The number of carboxylic acid groups (broad SMARTS) is 1. The van der Waals surface area contributed by atoms with Crippen molar-refractivity contribution in [3.05, 3.63) is 0 Å². The van der Waals surface area contributed by atoms with Crippen molar-refractivity contribution in [3.8, 4) is 0 Å². The van der Waals surface area contributed by atoms with Gasteiger partial charge in [-0.3, -0.25) is 0 Å². The number of carboxylic acids is 1. The van der Waals surface area contributed by atoms with Gasteiger partial charge in [-0.05, 0) is 6.92 Å². The second-order valence-electron chi connectivity index (χ2n) is 1.01. The minimum absolute atomic E-state index is 0. The van der Waals surface area contributed by atoms with E-state index in [-0.39, 0.29) is 51.5 Å². The van der Waals surface area contributed by atoms with Crippen LogP contribution in [-0.2, 0) is 4.79 Å². The minimum atomic E-state index is -1.23. The normalized spacial score (nSPS) is 9.11. The smallest absolute Gasteiger partial charge is 1.00 e. The van der Waals surface area contributed by atoms with Crippen molar-refractivity contribution in [2.75, 3.05) is 0 Å². The fraction of sp³-hybridized carbons (Fsp3) is 0.667. The molecule has 9 heavy (non-hydrogen) atoms. The van der Waals surface area contributed by atoms with Crippen LogP contribution in [0.2, 0.25) is 0 Å². The molecule has 5 nitrogen and oxygen atoms in total. The van der Waals surface area contributed by atoms with E-state index in [0.29, 0.717) is 0 Å². The van der Waals surface area contributed by atoms with Gasteiger partial charge in [-0.15, -0.1) is 0 Å². The molecule has 0 aliphatic heterocycles. The molecule has 0 rings (SSSR count). The van der Waals surface area contributed by atoms with Crippen molar-refractivity contribution in [1.82, 2.24) is 0 Å². The van der Waals surface area contributed by atoms with Crippen molar-refractivity contribution >= 4 is 43.7 Å². The summed E-state index contributed by atoms with van der Waals surface area (Å²) in [5.74, 6) is -1.19. The fourth-order valence-electron chi connectivity index (χ4n) is 0. The molecule has 0 aliphatic carbocycles. The first-order valence-corrected chi connectivity index (χ1v) is 1.55. The first kappa shape index (κ1) is 22.6. The van der Waals surface area contributed by atoms with Crippen molar-refractivity contribution in [3.63, 3.8) is 0 Å². The Kier molecular flexibility index (Phi) is 28.7. The third-order valence-electron chi connectivity index (χ3n) is 0.357. The van der Waals surface area contributed by atoms with Gasteiger partial charge in [0.25, 0.3) is 0 Å². The van der Waals surface area contributed by atoms with E-state index in [1.807, 2.05) is 0 Å². The largest absolute Gasteiger partial charge is 2.00 e. The number of aliphatic hydroxyl groups excluding tert-OH is 1. The van der Waals surface area contributed by atoms with Crippen LogP contribution >= 0.6 is 0 Å². The van der Waals surface area contributed by atoms with E-state index >= 15 is 0 Å². The van der Waals surface area contributed by atoms with Gasteiger partial charge in [-0.25, -0.2) is 4.79 Å². The predicted molar refractivity (Wildman–Crippen MR) is 34.5 cm³/mol. The summed E-state index contributed by atoms with van der Waals surface area (Å²) >= 11 is 0. The van der Waals surface area contributed by atoms with Crippen LogP contribution < -0.4 is 0 Å². The van der Waals surface area contributed by atoms with Crippen LogP contribution in [0.5, 0.6) is 0 Å². The van der Waals surface area contributed by atoms with Gasteiger partial charge < -0.3 is 24.0 Å². The van der Waals surface area contributed by atoms with Gasteiger partial charge in [0.15, 0.2) is 0 Å². The SMILES string of the molecule is CC(O)C(=O)O.O.O.[Ca+2].[H-].[H-]. The Morgan fingerprint density at radius 3 is 1.67 bits per heavy atom. The molecule has 0 radical (unpaired) electrons. The minimum Gasteiger partial charge on any atom is -1.00 e. The standard InChI is InChI=1S/C3H6O3.Ca.2H2O.2H/c1-2(4)3(5)6;;;;;/h2,4H,1H3,(H,5,6);;2*1H2;;/q;+2;;;2*-1. The summed E-state index contributed by atoms with van der Waals surface area (Å²) in [5.41, 5.74) is 0. The van der Waals surface area contributed by atoms with Crippen molar-refractivity contribution in [2.24, 2.45) is 0 Å². The zero-order valence-electron chi connectivity index (χ0n) is 7.09. The summed E-state index contributed by atoms with van der Waals surface area (Å²) in [6, 6.07) is 0. The Balaban J connectivity index is -0.0000000125. The van der Waals surface area contributed by atoms with Gasteiger partial charge in [0.05, 0.1) is 0 Å². The maximum absolute atomic E-state index is 9.45. The molecule has 0 aromatic rings. The Morgan fingerprint density at radius 2 is 1.67 bits per heavy atom. The van der Waals surface area contributed by atoms with Gasteiger partial charge in [-0.1, -0.05) is 0 Å². The van der Waals surface area contributed by atoms with Crippen LogP contribution in [-0.4, -0.2) is 71.0 Å². The molecular weight excluding hydrogens is 156 g/mol. The number of carbonyl (C=O) groups is 1. The molecular formula is C3H12CaO5. The maximum Gasteiger partial charge on any atom is 2.00 e. The Bertz CT molecular complexity index is 70.7. The molecule has 0 aliphatic rings.